The molecule has 7 heteroatoms. The highest BCUT2D eigenvalue weighted by Crippen LogP contribution is 2.28. The number of hydrogen-bond donors (Lipinski definition) is 1. The topological polar surface area (TPSA) is 64.4 Å². The highest BCUT2D eigenvalue weighted by Gasteiger charge is 2.21. The van der Waals surface area contributed by atoms with Gasteiger partial charge >= 0.3 is 5.69 Å². The average Bonchev–Trinajstić information content (AvgIpc) is 2.32. The summed E-state index contributed by atoms with van der Waals surface area (Å²) in [6, 6.07) is 1.40. The molecule has 19 heavy (non-hydrogen) atoms. The molecular weight excluding hydrogens is 258 g/mol. The number of nitro groups is 1. The SMILES string of the molecule is CCCOCCCNc1cc(F)cc(F)c1[N+](=O)[O-]. The van der Waals surface area contributed by atoms with Gasteiger partial charge in [0.05, 0.1) is 4.92 Å². The second-order valence-corrected chi connectivity index (χ2v) is 3.93. The maximum atomic E-state index is 13.3. The molecule has 0 saturated heterocycles. The van der Waals surface area contributed by atoms with E-state index in [2.05, 4.69) is 5.32 Å². The Morgan fingerprint density at radius 1 is 1.37 bits per heavy atom. The summed E-state index contributed by atoms with van der Waals surface area (Å²) in [6.07, 6.45) is 1.50. The molecule has 0 radical (unpaired) electrons. The molecule has 0 bridgehead atoms. The lowest BCUT2D eigenvalue weighted by molar-refractivity contribution is -0.386. The molecule has 0 unspecified atom stereocenters. The van der Waals surface area contributed by atoms with Crippen molar-refractivity contribution in [2.75, 3.05) is 25.1 Å². The van der Waals surface area contributed by atoms with Crippen molar-refractivity contribution in [3.8, 4) is 0 Å². The molecule has 1 rings (SSSR count). The Kier molecular flexibility index (Phi) is 6.14. The quantitative estimate of drug-likeness (QED) is 0.449. The zero-order chi connectivity index (χ0) is 14.3. The van der Waals surface area contributed by atoms with Crippen molar-refractivity contribution in [2.45, 2.75) is 19.8 Å². The van der Waals surface area contributed by atoms with E-state index in [0.29, 0.717) is 32.2 Å². The molecule has 0 spiro atoms. The van der Waals surface area contributed by atoms with Crippen LogP contribution in [0.5, 0.6) is 0 Å². The van der Waals surface area contributed by atoms with Crippen molar-refractivity contribution in [3.63, 3.8) is 0 Å². The van der Waals surface area contributed by atoms with Gasteiger partial charge in [-0.1, -0.05) is 6.92 Å². The Bertz CT molecular complexity index is 441. The normalized spacial score (nSPS) is 10.5. The first-order chi connectivity index (χ1) is 9.06. The summed E-state index contributed by atoms with van der Waals surface area (Å²) in [5.41, 5.74) is -0.895. The molecule has 106 valence electrons. The summed E-state index contributed by atoms with van der Waals surface area (Å²) in [6.45, 7) is 3.46. The van der Waals surface area contributed by atoms with E-state index in [1.54, 1.807) is 0 Å². The van der Waals surface area contributed by atoms with Gasteiger partial charge in [-0.05, 0) is 12.8 Å². The molecule has 0 aliphatic carbocycles. The molecule has 5 nitrogen and oxygen atoms in total. The number of halogens is 2. The minimum absolute atomic E-state index is 0.155. The molecule has 0 aliphatic rings. The zero-order valence-corrected chi connectivity index (χ0v) is 10.6. The smallest absolute Gasteiger partial charge is 0.327 e. The number of anilines is 1. The highest BCUT2D eigenvalue weighted by molar-refractivity contribution is 5.62. The van der Waals surface area contributed by atoms with E-state index >= 15 is 0 Å². The summed E-state index contributed by atoms with van der Waals surface area (Å²) >= 11 is 0. The molecule has 1 aromatic rings. The number of nitrogens with one attached hydrogen (secondary N) is 1. The van der Waals surface area contributed by atoms with Gasteiger partial charge in [0.1, 0.15) is 11.5 Å². The third-order valence-electron chi connectivity index (χ3n) is 2.34. The second-order valence-electron chi connectivity index (χ2n) is 3.93. The standard InChI is InChI=1S/C12H16F2N2O3/c1-2-5-19-6-3-4-15-11-8-9(13)7-10(14)12(11)16(17)18/h7-8,15H,2-6H2,1H3. The monoisotopic (exact) mass is 274 g/mol. The van der Waals surface area contributed by atoms with E-state index in [4.69, 9.17) is 4.74 Å². The molecule has 1 N–H and O–H groups in total. The number of hydrogen-bond acceptors (Lipinski definition) is 4. The Labute approximate surface area is 109 Å². The lowest BCUT2D eigenvalue weighted by atomic mass is 10.2. The van der Waals surface area contributed by atoms with Crippen molar-refractivity contribution in [3.05, 3.63) is 33.9 Å². The van der Waals surface area contributed by atoms with Crippen molar-refractivity contribution in [1.82, 2.24) is 0 Å². The van der Waals surface area contributed by atoms with Crippen LogP contribution in [-0.4, -0.2) is 24.7 Å². The fraction of sp³-hybridized carbons (Fsp3) is 0.500. The van der Waals surface area contributed by atoms with Crippen LogP contribution in [0.2, 0.25) is 0 Å². The fourth-order valence-electron chi connectivity index (χ4n) is 1.53. The van der Waals surface area contributed by atoms with Gasteiger partial charge in [-0.2, -0.15) is 4.39 Å². The van der Waals surface area contributed by atoms with E-state index in [1.807, 2.05) is 6.92 Å². The van der Waals surface area contributed by atoms with Gasteiger partial charge in [0.2, 0.25) is 5.82 Å². The second kappa shape index (κ2) is 7.63. The van der Waals surface area contributed by atoms with Crippen molar-refractivity contribution < 1.29 is 18.4 Å². The molecule has 0 amide bonds. The van der Waals surface area contributed by atoms with Crippen LogP contribution in [0.1, 0.15) is 19.8 Å². The lowest BCUT2D eigenvalue weighted by Crippen LogP contribution is -2.09. The largest absolute Gasteiger partial charge is 0.381 e. The minimum atomic E-state index is -1.19. The number of benzene rings is 1. The van der Waals surface area contributed by atoms with Gasteiger partial charge in [-0.25, -0.2) is 4.39 Å². The molecule has 0 fully saturated rings. The minimum Gasteiger partial charge on any atom is -0.381 e. The first-order valence-corrected chi connectivity index (χ1v) is 6.01. The number of nitro benzene ring substituents is 1. The van der Waals surface area contributed by atoms with Crippen LogP contribution in [0.25, 0.3) is 0 Å². The first kappa shape index (κ1) is 15.3. The molecule has 1 aromatic carbocycles. The van der Waals surface area contributed by atoms with Crippen molar-refractivity contribution >= 4 is 11.4 Å². The van der Waals surface area contributed by atoms with Crippen LogP contribution >= 0.6 is 0 Å². The number of nitrogens with zero attached hydrogens (tertiary/aromatic N) is 1. The summed E-state index contributed by atoms with van der Waals surface area (Å²) in [5.74, 6) is -2.04. The number of ether oxygens (including phenoxy) is 1. The lowest BCUT2D eigenvalue weighted by Gasteiger charge is -2.08. The van der Waals surface area contributed by atoms with E-state index < -0.39 is 22.2 Å². The maximum absolute atomic E-state index is 13.3. The average molecular weight is 274 g/mol. The van der Waals surface area contributed by atoms with Crippen LogP contribution in [0.4, 0.5) is 20.2 Å². The Balaban J connectivity index is 2.59. The molecule has 0 atom stereocenters. The Morgan fingerprint density at radius 2 is 2.11 bits per heavy atom. The third-order valence-corrected chi connectivity index (χ3v) is 2.34. The van der Waals surface area contributed by atoms with Crippen molar-refractivity contribution in [2.24, 2.45) is 0 Å². The van der Waals surface area contributed by atoms with Gasteiger partial charge < -0.3 is 10.1 Å². The summed E-state index contributed by atoms with van der Waals surface area (Å²) in [4.78, 5) is 9.84. The van der Waals surface area contributed by atoms with Gasteiger partial charge in [-0.3, -0.25) is 10.1 Å². The van der Waals surface area contributed by atoms with Crippen LogP contribution in [-0.2, 0) is 4.74 Å². The van der Waals surface area contributed by atoms with E-state index in [1.165, 1.54) is 0 Å². The first-order valence-electron chi connectivity index (χ1n) is 6.01. The van der Waals surface area contributed by atoms with Gasteiger partial charge in [0.15, 0.2) is 0 Å². The molecule has 0 aromatic heterocycles. The van der Waals surface area contributed by atoms with E-state index in [-0.39, 0.29) is 5.69 Å². The molecule has 0 aliphatic heterocycles. The fourth-order valence-corrected chi connectivity index (χ4v) is 1.53. The van der Waals surface area contributed by atoms with Gasteiger partial charge in [0.25, 0.3) is 0 Å². The van der Waals surface area contributed by atoms with Gasteiger partial charge in [-0.15, -0.1) is 0 Å². The summed E-state index contributed by atoms with van der Waals surface area (Å²) < 4.78 is 31.5. The van der Waals surface area contributed by atoms with Crippen LogP contribution in [0, 0.1) is 21.7 Å². The highest BCUT2D eigenvalue weighted by atomic mass is 19.1. The van der Waals surface area contributed by atoms with Crippen LogP contribution in [0.3, 0.4) is 0 Å². The summed E-state index contributed by atoms with van der Waals surface area (Å²) in [5, 5.41) is 13.4. The Morgan fingerprint density at radius 3 is 2.74 bits per heavy atom. The molecule has 0 saturated carbocycles. The third kappa shape index (κ3) is 4.78. The van der Waals surface area contributed by atoms with Crippen LogP contribution in [0.15, 0.2) is 12.1 Å². The van der Waals surface area contributed by atoms with Crippen LogP contribution < -0.4 is 5.32 Å². The van der Waals surface area contributed by atoms with Crippen molar-refractivity contribution in [1.29, 1.82) is 0 Å². The predicted molar refractivity (Wildman–Crippen MR) is 67.2 cm³/mol. The molecular formula is C12H16F2N2O3. The number of rotatable bonds is 8. The van der Waals surface area contributed by atoms with Gasteiger partial charge in [0, 0.05) is 31.9 Å². The molecule has 0 heterocycles. The maximum Gasteiger partial charge on any atom is 0.327 e. The predicted octanol–water partition coefficient (Wildman–Crippen LogP) is 3.10. The van der Waals surface area contributed by atoms with E-state index in [9.17, 15) is 18.9 Å². The van der Waals surface area contributed by atoms with E-state index in [0.717, 1.165) is 12.5 Å². The Hall–Kier alpha value is -1.76. The zero-order valence-electron chi connectivity index (χ0n) is 10.6. The summed E-state index contributed by atoms with van der Waals surface area (Å²) in [7, 11) is 0.